The second-order valence-corrected chi connectivity index (χ2v) is 5.78. The zero-order chi connectivity index (χ0) is 14.7. The van der Waals surface area contributed by atoms with Crippen molar-refractivity contribution in [3.8, 4) is 11.3 Å². The topological polar surface area (TPSA) is 38.5 Å². The summed E-state index contributed by atoms with van der Waals surface area (Å²) >= 11 is 6.00. The Bertz CT molecular complexity index is 591. The minimum absolute atomic E-state index is 0.396. The fraction of sp³-hybridized carbons (Fsp3) is 0.438. The van der Waals surface area contributed by atoms with E-state index in [0.717, 1.165) is 49.7 Å². The Balaban J connectivity index is 1.63. The number of aromatic nitrogens is 1. The van der Waals surface area contributed by atoms with Gasteiger partial charge in [-0.1, -0.05) is 23.7 Å². The molecular weight excluding hydrogens is 288 g/mol. The molecule has 21 heavy (non-hydrogen) atoms. The number of halogens is 1. The van der Waals surface area contributed by atoms with Crippen LogP contribution in [0.1, 0.15) is 18.7 Å². The molecule has 112 valence electrons. The predicted molar refractivity (Wildman–Crippen MR) is 82.3 cm³/mol. The van der Waals surface area contributed by atoms with Crippen molar-refractivity contribution in [3.63, 3.8) is 0 Å². The van der Waals surface area contributed by atoms with Gasteiger partial charge in [-0.3, -0.25) is 4.90 Å². The molecule has 0 spiro atoms. The van der Waals surface area contributed by atoms with Crippen molar-refractivity contribution >= 4 is 11.6 Å². The van der Waals surface area contributed by atoms with E-state index in [2.05, 4.69) is 9.88 Å². The van der Waals surface area contributed by atoms with E-state index in [1.165, 1.54) is 0 Å². The van der Waals surface area contributed by atoms with Gasteiger partial charge in [-0.05, 0) is 25.0 Å². The Labute approximate surface area is 129 Å². The van der Waals surface area contributed by atoms with Crippen LogP contribution in [0.25, 0.3) is 11.3 Å². The van der Waals surface area contributed by atoms with Gasteiger partial charge in [0.15, 0.2) is 5.76 Å². The van der Waals surface area contributed by atoms with Crippen LogP contribution in [-0.4, -0.2) is 36.2 Å². The molecule has 2 aromatic rings. The first kappa shape index (κ1) is 14.6. The minimum atomic E-state index is 0.396. The normalized spacial score (nSPS) is 17.2. The Morgan fingerprint density at radius 3 is 2.90 bits per heavy atom. The van der Waals surface area contributed by atoms with Crippen molar-refractivity contribution in [1.82, 2.24) is 9.88 Å². The molecule has 5 heteroatoms. The van der Waals surface area contributed by atoms with Crippen LogP contribution < -0.4 is 0 Å². The Kier molecular flexibility index (Phi) is 4.58. The second kappa shape index (κ2) is 6.60. The number of piperidine rings is 1. The first-order chi connectivity index (χ1) is 10.2. The van der Waals surface area contributed by atoms with Crippen molar-refractivity contribution in [3.05, 3.63) is 41.4 Å². The number of rotatable bonds is 4. The van der Waals surface area contributed by atoms with Crippen molar-refractivity contribution in [2.45, 2.75) is 25.5 Å². The van der Waals surface area contributed by atoms with Crippen molar-refractivity contribution in [2.75, 3.05) is 20.2 Å². The minimum Gasteiger partial charge on any atom is -0.439 e. The van der Waals surface area contributed by atoms with Gasteiger partial charge in [0.25, 0.3) is 0 Å². The molecule has 2 heterocycles. The lowest BCUT2D eigenvalue weighted by Gasteiger charge is -2.30. The SMILES string of the molecule is COC1CCN(Cc2ncc(-c3cccc(Cl)c3)o2)CC1. The molecule has 1 aliphatic rings. The van der Waals surface area contributed by atoms with Gasteiger partial charge in [-0.25, -0.2) is 4.98 Å². The number of likely N-dealkylation sites (tertiary alicyclic amines) is 1. The van der Waals surface area contributed by atoms with Crippen LogP contribution >= 0.6 is 11.6 Å². The second-order valence-electron chi connectivity index (χ2n) is 5.34. The maximum Gasteiger partial charge on any atom is 0.209 e. The number of hydrogen-bond donors (Lipinski definition) is 0. The summed E-state index contributed by atoms with van der Waals surface area (Å²) in [7, 11) is 1.78. The molecule has 1 aromatic heterocycles. The largest absolute Gasteiger partial charge is 0.439 e. The quantitative estimate of drug-likeness (QED) is 0.865. The van der Waals surface area contributed by atoms with Gasteiger partial charge in [-0.15, -0.1) is 0 Å². The van der Waals surface area contributed by atoms with E-state index >= 15 is 0 Å². The smallest absolute Gasteiger partial charge is 0.209 e. The summed E-state index contributed by atoms with van der Waals surface area (Å²) in [5.74, 6) is 1.51. The van der Waals surface area contributed by atoms with Crippen molar-refractivity contribution in [2.24, 2.45) is 0 Å². The third-order valence-corrected chi connectivity index (χ3v) is 4.12. The molecule has 0 radical (unpaired) electrons. The van der Waals surface area contributed by atoms with Gasteiger partial charge in [0.1, 0.15) is 0 Å². The molecule has 0 N–H and O–H groups in total. The van der Waals surface area contributed by atoms with Gasteiger partial charge in [0.2, 0.25) is 5.89 Å². The predicted octanol–water partition coefficient (Wildman–Crippen LogP) is 3.61. The fourth-order valence-electron chi connectivity index (χ4n) is 2.65. The van der Waals surface area contributed by atoms with Crippen LogP contribution in [0.2, 0.25) is 5.02 Å². The van der Waals surface area contributed by atoms with Crippen LogP contribution in [0, 0.1) is 0 Å². The van der Waals surface area contributed by atoms with Crippen molar-refractivity contribution < 1.29 is 9.15 Å². The lowest BCUT2D eigenvalue weighted by atomic mass is 10.1. The monoisotopic (exact) mass is 306 g/mol. The van der Waals surface area contributed by atoms with Gasteiger partial charge in [-0.2, -0.15) is 0 Å². The van der Waals surface area contributed by atoms with Gasteiger partial charge >= 0.3 is 0 Å². The Hall–Kier alpha value is -1.36. The van der Waals surface area contributed by atoms with Gasteiger partial charge in [0, 0.05) is 30.8 Å². The molecule has 0 unspecified atom stereocenters. The lowest BCUT2D eigenvalue weighted by Crippen LogP contribution is -2.36. The zero-order valence-electron chi connectivity index (χ0n) is 12.1. The summed E-state index contributed by atoms with van der Waals surface area (Å²) in [6, 6.07) is 7.62. The standard InChI is InChI=1S/C16H19ClN2O2/c1-20-14-5-7-19(8-6-14)11-16-18-10-15(21-16)12-3-2-4-13(17)9-12/h2-4,9-10,14H,5-8,11H2,1H3. The van der Waals surface area contributed by atoms with Crippen LogP contribution in [0.15, 0.2) is 34.9 Å². The summed E-state index contributed by atoms with van der Waals surface area (Å²) in [6.07, 6.45) is 4.30. The first-order valence-corrected chi connectivity index (χ1v) is 7.58. The van der Waals surface area contributed by atoms with Crippen LogP contribution in [-0.2, 0) is 11.3 Å². The maximum absolute atomic E-state index is 6.00. The third kappa shape index (κ3) is 3.64. The molecule has 1 saturated heterocycles. The molecule has 1 aliphatic heterocycles. The highest BCUT2D eigenvalue weighted by molar-refractivity contribution is 6.30. The van der Waals surface area contributed by atoms with Crippen LogP contribution in [0.5, 0.6) is 0 Å². The average molecular weight is 307 g/mol. The van der Waals surface area contributed by atoms with E-state index in [1.807, 2.05) is 24.3 Å². The Morgan fingerprint density at radius 1 is 1.38 bits per heavy atom. The van der Waals surface area contributed by atoms with E-state index in [-0.39, 0.29) is 0 Å². The van der Waals surface area contributed by atoms with Crippen molar-refractivity contribution in [1.29, 1.82) is 0 Å². The van der Waals surface area contributed by atoms with E-state index < -0.39 is 0 Å². The molecule has 4 nitrogen and oxygen atoms in total. The van der Waals surface area contributed by atoms with Crippen LogP contribution in [0.4, 0.5) is 0 Å². The highest BCUT2D eigenvalue weighted by Gasteiger charge is 2.20. The van der Waals surface area contributed by atoms with Crippen LogP contribution in [0.3, 0.4) is 0 Å². The molecule has 0 atom stereocenters. The average Bonchev–Trinajstić information content (AvgIpc) is 2.97. The molecule has 3 rings (SSSR count). The number of nitrogens with zero attached hydrogens (tertiary/aromatic N) is 2. The first-order valence-electron chi connectivity index (χ1n) is 7.20. The number of benzene rings is 1. The summed E-state index contributed by atoms with van der Waals surface area (Å²) < 4.78 is 11.2. The summed E-state index contributed by atoms with van der Waals surface area (Å²) in [5, 5.41) is 0.701. The Morgan fingerprint density at radius 2 is 2.19 bits per heavy atom. The summed E-state index contributed by atoms with van der Waals surface area (Å²) in [6.45, 7) is 2.79. The van der Waals surface area contributed by atoms with E-state index in [9.17, 15) is 0 Å². The molecule has 0 aliphatic carbocycles. The zero-order valence-corrected chi connectivity index (χ0v) is 12.8. The van der Waals surface area contributed by atoms with Gasteiger partial charge in [0.05, 0.1) is 18.8 Å². The third-order valence-electron chi connectivity index (χ3n) is 3.89. The fourth-order valence-corrected chi connectivity index (χ4v) is 2.84. The molecule has 1 aromatic carbocycles. The summed E-state index contributed by atoms with van der Waals surface area (Å²) in [5.41, 5.74) is 0.958. The number of methoxy groups -OCH3 is 1. The molecular formula is C16H19ClN2O2. The van der Waals surface area contributed by atoms with Gasteiger partial charge < -0.3 is 9.15 Å². The highest BCUT2D eigenvalue weighted by atomic mass is 35.5. The molecule has 0 saturated carbocycles. The number of oxazole rings is 1. The molecule has 0 amide bonds. The number of ether oxygens (including phenoxy) is 1. The van der Waals surface area contributed by atoms with E-state index in [4.69, 9.17) is 20.8 Å². The van der Waals surface area contributed by atoms with E-state index in [0.29, 0.717) is 11.1 Å². The van der Waals surface area contributed by atoms with E-state index in [1.54, 1.807) is 13.3 Å². The molecule has 0 bridgehead atoms. The highest BCUT2D eigenvalue weighted by Crippen LogP contribution is 2.24. The summed E-state index contributed by atoms with van der Waals surface area (Å²) in [4.78, 5) is 6.72. The molecule has 1 fully saturated rings. The number of hydrogen-bond acceptors (Lipinski definition) is 4. The lowest BCUT2D eigenvalue weighted by molar-refractivity contribution is 0.0365. The maximum atomic E-state index is 6.00.